The van der Waals surface area contributed by atoms with Gasteiger partial charge in [-0.3, -0.25) is 0 Å². The van der Waals surface area contributed by atoms with E-state index in [1.807, 2.05) is 0 Å². The summed E-state index contributed by atoms with van der Waals surface area (Å²) in [5.41, 5.74) is 7.52. The second-order valence-electron chi connectivity index (χ2n) is 6.02. The Morgan fingerprint density at radius 1 is 1.23 bits per heavy atom. The van der Waals surface area contributed by atoms with Crippen molar-refractivity contribution in [1.82, 2.24) is 0 Å². The molecule has 6 fully saturated rings. The highest BCUT2D eigenvalue weighted by atomic mass is 35.5. The van der Waals surface area contributed by atoms with Gasteiger partial charge in [0.25, 0.3) is 0 Å². The van der Waals surface area contributed by atoms with Crippen LogP contribution in [0.15, 0.2) is 0 Å². The van der Waals surface area contributed by atoms with Gasteiger partial charge in [0.2, 0.25) is 0 Å². The first-order valence-corrected chi connectivity index (χ1v) is 5.06. The third kappa shape index (κ3) is 0.258. The fraction of sp³-hybridized carbons (Fsp3) is 1.00. The number of hydrogen-bond donors (Lipinski definition) is 2. The Labute approximate surface area is 83.3 Å². The van der Waals surface area contributed by atoms with Crippen LogP contribution in [0.4, 0.5) is 0 Å². The van der Waals surface area contributed by atoms with Gasteiger partial charge < -0.3 is 10.8 Å². The molecule has 0 saturated heterocycles. The van der Waals surface area contributed by atoms with Crippen molar-refractivity contribution < 1.29 is 5.11 Å². The summed E-state index contributed by atoms with van der Waals surface area (Å²) >= 11 is 0. The van der Waals surface area contributed by atoms with Gasteiger partial charge in [-0.1, -0.05) is 6.92 Å². The van der Waals surface area contributed by atoms with Crippen LogP contribution in [0.5, 0.6) is 0 Å². The predicted molar refractivity (Wildman–Crippen MR) is 49.2 cm³/mol. The van der Waals surface area contributed by atoms with Crippen molar-refractivity contribution in [3.05, 3.63) is 0 Å². The van der Waals surface area contributed by atoms with E-state index in [9.17, 15) is 5.11 Å². The number of aliphatic hydroxyl groups is 1. The van der Waals surface area contributed by atoms with Gasteiger partial charge in [0.1, 0.15) is 0 Å². The molecule has 0 radical (unpaired) electrons. The fourth-order valence-corrected chi connectivity index (χ4v) is 6.92. The van der Waals surface area contributed by atoms with Crippen LogP contribution in [0.25, 0.3) is 0 Å². The number of rotatable bonds is 1. The second-order valence-corrected chi connectivity index (χ2v) is 6.02. The van der Waals surface area contributed by atoms with Crippen molar-refractivity contribution in [2.75, 3.05) is 6.61 Å². The summed E-state index contributed by atoms with van der Waals surface area (Å²) < 4.78 is 0. The van der Waals surface area contributed by atoms with Crippen molar-refractivity contribution in [3.8, 4) is 0 Å². The van der Waals surface area contributed by atoms with E-state index in [0.717, 1.165) is 29.6 Å². The first-order chi connectivity index (χ1) is 5.66. The molecule has 6 aliphatic rings. The lowest BCUT2D eigenvalue weighted by atomic mass is 8.90. The van der Waals surface area contributed by atoms with Gasteiger partial charge in [-0.25, -0.2) is 0 Å². The van der Waals surface area contributed by atoms with E-state index < -0.39 is 0 Å². The normalized spacial score (nSPS) is 87.5. The lowest BCUT2D eigenvalue weighted by molar-refractivity contribution is -0.662. The van der Waals surface area contributed by atoms with Crippen molar-refractivity contribution in [1.29, 1.82) is 0 Å². The number of aliphatic hydroxyl groups excluding tert-OH is 1. The van der Waals surface area contributed by atoms with Gasteiger partial charge in [0.15, 0.2) is 0 Å². The summed E-state index contributed by atoms with van der Waals surface area (Å²) in [5.74, 6) is 4.21. The molecule has 6 rings (SSSR count). The molecule has 72 valence electrons. The van der Waals surface area contributed by atoms with Crippen molar-refractivity contribution in [3.63, 3.8) is 0 Å². The van der Waals surface area contributed by atoms with Crippen molar-refractivity contribution in [2.24, 2.45) is 46.2 Å². The van der Waals surface area contributed by atoms with E-state index in [-0.39, 0.29) is 17.9 Å². The molecule has 4 unspecified atom stereocenters. The van der Waals surface area contributed by atoms with Crippen LogP contribution < -0.4 is 5.73 Å². The largest absolute Gasteiger partial charge is 0.396 e. The van der Waals surface area contributed by atoms with E-state index in [1.54, 1.807) is 0 Å². The summed E-state index contributed by atoms with van der Waals surface area (Å²) in [6, 6.07) is 0. The summed E-state index contributed by atoms with van der Waals surface area (Å²) in [4.78, 5) is 0. The second kappa shape index (κ2) is 1.31. The molecule has 6 saturated carbocycles. The average Bonchev–Trinajstić information content (AvgIpc) is 2.07. The molecular weight excluding hydrogens is 186 g/mol. The molecule has 4 atom stereocenters. The first kappa shape index (κ1) is 7.49. The Balaban J connectivity index is 0.000000512. The minimum Gasteiger partial charge on any atom is -0.396 e. The average molecular weight is 200 g/mol. The molecule has 0 aliphatic heterocycles. The van der Waals surface area contributed by atoms with Gasteiger partial charge in [0, 0.05) is 17.6 Å². The van der Waals surface area contributed by atoms with Crippen LogP contribution in [0.2, 0.25) is 0 Å². The Hall–Kier alpha value is 0.210. The molecule has 0 heterocycles. The molecule has 0 aromatic rings. The Bertz CT molecular complexity index is 329. The molecule has 0 amide bonds. The maximum absolute atomic E-state index is 9.37. The summed E-state index contributed by atoms with van der Waals surface area (Å²) in [6.45, 7) is 2.81. The topological polar surface area (TPSA) is 46.2 Å². The zero-order valence-corrected chi connectivity index (χ0v) is 8.34. The zero-order valence-electron chi connectivity index (χ0n) is 7.53. The van der Waals surface area contributed by atoms with E-state index in [0.29, 0.717) is 17.4 Å². The molecule has 2 nitrogen and oxygen atoms in total. The smallest absolute Gasteiger partial charge is 0.0496 e. The summed E-state index contributed by atoms with van der Waals surface area (Å²) in [6.07, 6.45) is 0. The quantitative estimate of drug-likeness (QED) is 0.636. The maximum atomic E-state index is 9.37. The van der Waals surface area contributed by atoms with E-state index >= 15 is 0 Å². The highest BCUT2D eigenvalue weighted by Crippen LogP contribution is 3.10. The maximum Gasteiger partial charge on any atom is 0.0496 e. The molecule has 0 aromatic carbocycles. The Morgan fingerprint density at radius 2 is 1.77 bits per heavy atom. The molecule has 0 spiro atoms. The zero-order chi connectivity index (χ0) is 8.09. The van der Waals surface area contributed by atoms with Gasteiger partial charge in [-0.2, -0.15) is 0 Å². The SMILES string of the molecule is CC12C3C4C5C(C1C53CO)C42N.Cl. The molecule has 13 heavy (non-hydrogen) atoms. The number of halogens is 1. The van der Waals surface area contributed by atoms with Gasteiger partial charge in [-0.15, -0.1) is 12.4 Å². The van der Waals surface area contributed by atoms with Crippen LogP contribution in [-0.2, 0) is 0 Å². The number of nitrogens with two attached hydrogens (primary N) is 1. The molecular formula is C10H14ClNO. The monoisotopic (exact) mass is 199 g/mol. The summed E-state index contributed by atoms with van der Waals surface area (Å²) in [7, 11) is 0. The van der Waals surface area contributed by atoms with E-state index in [4.69, 9.17) is 5.73 Å². The number of hydrogen-bond acceptors (Lipinski definition) is 2. The van der Waals surface area contributed by atoms with Crippen LogP contribution in [0, 0.1) is 40.4 Å². The lowest BCUT2D eigenvalue weighted by Gasteiger charge is -3.14. The van der Waals surface area contributed by atoms with E-state index in [2.05, 4.69) is 6.92 Å². The lowest BCUT2D eigenvalue weighted by Crippen LogP contribution is -3.18. The molecule has 3 heteroatoms. The van der Waals surface area contributed by atoms with Crippen molar-refractivity contribution in [2.45, 2.75) is 12.5 Å². The van der Waals surface area contributed by atoms with Crippen LogP contribution in [0.3, 0.4) is 0 Å². The molecule has 0 aromatic heterocycles. The Kier molecular flexibility index (Phi) is 0.756. The third-order valence-corrected chi connectivity index (χ3v) is 6.87. The van der Waals surface area contributed by atoms with Crippen LogP contribution in [-0.4, -0.2) is 17.3 Å². The third-order valence-electron chi connectivity index (χ3n) is 6.87. The Morgan fingerprint density at radius 3 is 2.15 bits per heavy atom. The van der Waals surface area contributed by atoms with Crippen LogP contribution >= 0.6 is 12.4 Å². The molecule has 6 aliphatic carbocycles. The van der Waals surface area contributed by atoms with E-state index in [1.165, 1.54) is 0 Å². The fourth-order valence-electron chi connectivity index (χ4n) is 6.92. The van der Waals surface area contributed by atoms with Gasteiger partial charge in [-0.05, 0) is 35.0 Å². The highest BCUT2D eigenvalue weighted by Gasteiger charge is 3.13. The van der Waals surface area contributed by atoms with Crippen LogP contribution in [0.1, 0.15) is 6.92 Å². The van der Waals surface area contributed by atoms with Crippen molar-refractivity contribution >= 4 is 12.4 Å². The predicted octanol–water partition coefficient (Wildman–Crippen LogP) is 0.240. The minimum absolute atomic E-state index is 0. The van der Waals surface area contributed by atoms with Gasteiger partial charge in [0.05, 0.1) is 0 Å². The molecule has 0 bridgehead atoms. The summed E-state index contributed by atoms with van der Waals surface area (Å²) in [5, 5.41) is 9.37. The highest BCUT2D eigenvalue weighted by molar-refractivity contribution is 5.85. The standard InChI is InChI=1S/C10H13NO.ClH/c1-8-6-4-3-5(10(4,8)11)7(8)9(3,6)2-12;/h3-7,12H,2,11H2,1H3;1H. The molecule has 3 N–H and O–H groups in total. The van der Waals surface area contributed by atoms with Gasteiger partial charge >= 0.3 is 0 Å². The minimum atomic E-state index is 0. The first-order valence-electron chi connectivity index (χ1n) is 5.06.